The van der Waals surface area contributed by atoms with Gasteiger partial charge in [0.25, 0.3) is 0 Å². The molecular formula is C18H19N5OS. The number of benzene rings is 1. The summed E-state index contributed by atoms with van der Waals surface area (Å²) in [5.74, 6) is 0.583. The Hall–Kier alpha value is -2.54. The largest absolute Gasteiger partial charge is 0.334 e. The average Bonchev–Trinajstić information content (AvgIpc) is 3.30. The van der Waals surface area contributed by atoms with E-state index in [-0.39, 0.29) is 18.5 Å². The van der Waals surface area contributed by atoms with Crippen LogP contribution in [-0.4, -0.2) is 37.6 Å². The number of thiophene rings is 1. The fourth-order valence-electron chi connectivity index (χ4n) is 3.36. The lowest BCUT2D eigenvalue weighted by atomic mass is 9.98. The number of tetrazole rings is 1. The van der Waals surface area contributed by atoms with E-state index in [2.05, 4.69) is 33.8 Å². The average molecular weight is 353 g/mol. The molecule has 3 heterocycles. The van der Waals surface area contributed by atoms with Crippen LogP contribution in [0.15, 0.2) is 41.8 Å². The summed E-state index contributed by atoms with van der Waals surface area (Å²) < 4.78 is 0. The molecule has 1 aliphatic heterocycles. The van der Waals surface area contributed by atoms with E-state index in [9.17, 15) is 4.79 Å². The third kappa shape index (κ3) is 3.07. The molecule has 7 heteroatoms. The van der Waals surface area contributed by atoms with Crippen LogP contribution >= 0.6 is 11.3 Å². The molecule has 0 radical (unpaired) electrons. The van der Waals surface area contributed by atoms with Crippen LogP contribution in [-0.2, 0) is 17.8 Å². The smallest absolute Gasteiger partial charge is 0.246 e. The van der Waals surface area contributed by atoms with Crippen molar-refractivity contribution < 1.29 is 4.79 Å². The molecule has 1 amide bonds. The number of amides is 1. The second-order valence-corrected chi connectivity index (χ2v) is 7.07. The van der Waals surface area contributed by atoms with Gasteiger partial charge in [-0.1, -0.05) is 37.3 Å². The number of rotatable bonds is 4. The van der Waals surface area contributed by atoms with Gasteiger partial charge in [-0.05, 0) is 35.1 Å². The van der Waals surface area contributed by atoms with Gasteiger partial charge in [-0.2, -0.15) is 4.80 Å². The van der Waals surface area contributed by atoms with Crippen LogP contribution in [0.2, 0.25) is 0 Å². The molecule has 1 aromatic carbocycles. The number of fused-ring (bicyclic) bond motifs is 1. The zero-order chi connectivity index (χ0) is 17.2. The standard InChI is InChI=1S/C18H19N5OS/c1-2-15-14-9-11-25-16(14)8-10-22(15)17(24)12-23-20-18(19-21-23)13-6-4-3-5-7-13/h3-7,9,11,15H,2,8,10,12H2,1H3. The van der Waals surface area contributed by atoms with Crippen molar-refractivity contribution in [3.63, 3.8) is 0 Å². The van der Waals surface area contributed by atoms with Crippen LogP contribution in [0.3, 0.4) is 0 Å². The highest BCUT2D eigenvalue weighted by Crippen LogP contribution is 2.35. The molecular weight excluding hydrogens is 334 g/mol. The second kappa shape index (κ2) is 6.76. The summed E-state index contributed by atoms with van der Waals surface area (Å²) in [4.78, 5) is 17.6. The minimum Gasteiger partial charge on any atom is -0.334 e. The Labute approximate surface area is 150 Å². The van der Waals surface area contributed by atoms with Gasteiger partial charge in [0.2, 0.25) is 11.7 Å². The first-order chi connectivity index (χ1) is 12.3. The second-order valence-electron chi connectivity index (χ2n) is 6.07. The van der Waals surface area contributed by atoms with Crippen LogP contribution in [0.5, 0.6) is 0 Å². The number of aromatic nitrogens is 4. The molecule has 0 saturated carbocycles. The lowest BCUT2D eigenvalue weighted by Crippen LogP contribution is -2.41. The van der Waals surface area contributed by atoms with E-state index < -0.39 is 0 Å². The van der Waals surface area contributed by atoms with Crippen molar-refractivity contribution in [1.29, 1.82) is 0 Å². The van der Waals surface area contributed by atoms with E-state index in [0.717, 1.165) is 24.9 Å². The van der Waals surface area contributed by atoms with Gasteiger partial charge < -0.3 is 4.90 Å². The number of hydrogen-bond acceptors (Lipinski definition) is 5. The van der Waals surface area contributed by atoms with Gasteiger partial charge in [0, 0.05) is 17.0 Å². The normalized spacial score (nSPS) is 16.7. The molecule has 0 aliphatic carbocycles. The first-order valence-electron chi connectivity index (χ1n) is 8.45. The highest BCUT2D eigenvalue weighted by molar-refractivity contribution is 7.10. The summed E-state index contributed by atoms with van der Waals surface area (Å²) in [5.41, 5.74) is 2.19. The Morgan fingerprint density at radius 3 is 2.92 bits per heavy atom. The van der Waals surface area contributed by atoms with Gasteiger partial charge in [0.15, 0.2) is 0 Å². The fraction of sp³-hybridized carbons (Fsp3) is 0.333. The van der Waals surface area contributed by atoms with Crippen LogP contribution < -0.4 is 0 Å². The molecule has 0 N–H and O–H groups in total. The topological polar surface area (TPSA) is 63.9 Å². The van der Waals surface area contributed by atoms with Crippen molar-refractivity contribution in [2.75, 3.05) is 6.54 Å². The van der Waals surface area contributed by atoms with E-state index in [4.69, 9.17) is 0 Å². The van der Waals surface area contributed by atoms with E-state index in [1.165, 1.54) is 15.2 Å². The molecule has 1 unspecified atom stereocenters. The SMILES string of the molecule is CCC1c2ccsc2CCN1C(=O)Cn1nnc(-c2ccccc2)n1. The molecule has 0 fully saturated rings. The van der Waals surface area contributed by atoms with Gasteiger partial charge in [-0.3, -0.25) is 4.79 Å². The lowest BCUT2D eigenvalue weighted by molar-refractivity contribution is -0.135. The van der Waals surface area contributed by atoms with E-state index >= 15 is 0 Å². The molecule has 1 atom stereocenters. The van der Waals surface area contributed by atoms with Crippen molar-refractivity contribution >= 4 is 17.2 Å². The summed E-state index contributed by atoms with van der Waals surface area (Å²) >= 11 is 1.79. The van der Waals surface area contributed by atoms with E-state index in [1.807, 2.05) is 35.2 Å². The first-order valence-corrected chi connectivity index (χ1v) is 9.33. The van der Waals surface area contributed by atoms with Gasteiger partial charge >= 0.3 is 0 Å². The molecule has 2 aromatic heterocycles. The van der Waals surface area contributed by atoms with Gasteiger partial charge in [0.1, 0.15) is 6.54 Å². The van der Waals surface area contributed by atoms with Gasteiger partial charge in [-0.15, -0.1) is 21.5 Å². The van der Waals surface area contributed by atoms with Crippen molar-refractivity contribution in [2.24, 2.45) is 0 Å². The number of carbonyl (C=O) groups is 1. The maximum absolute atomic E-state index is 12.8. The van der Waals surface area contributed by atoms with Crippen molar-refractivity contribution in [1.82, 2.24) is 25.1 Å². The molecule has 25 heavy (non-hydrogen) atoms. The number of hydrogen-bond donors (Lipinski definition) is 0. The minimum atomic E-state index is 0.0423. The maximum Gasteiger partial charge on any atom is 0.246 e. The molecule has 1 aliphatic rings. The summed E-state index contributed by atoms with van der Waals surface area (Å²) in [7, 11) is 0. The highest BCUT2D eigenvalue weighted by Gasteiger charge is 2.30. The Morgan fingerprint density at radius 2 is 2.12 bits per heavy atom. The third-order valence-electron chi connectivity index (χ3n) is 4.56. The van der Waals surface area contributed by atoms with Crippen molar-refractivity contribution in [2.45, 2.75) is 32.4 Å². The lowest BCUT2D eigenvalue weighted by Gasteiger charge is -2.35. The summed E-state index contributed by atoms with van der Waals surface area (Å²) in [6, 6.07) is 12.0. The van der Waals surface area contributed by atoms with Crippen molar-refractivity contribution in [3.05, 3.63) is 52.2 Å². The zero-order valence-electron chi connectivity index (χ0n) is 14.0. The van der Waals surface area contributed by atoms with E-state index in [0.29, 0.717) is 5.82 Å². The summed E-state index contributed by atoms with van der Waals surface area (Å²) in [6.45, 7) is 3.00. The first kappa shape index (κ1) is 16.0. The molecule has 3 aromatic rings. The van der Waals surface area contributed by atoms with Crippen molar-refractivity contribution in [3.8, 4) is 11.4 Å². The summed E-state index contributed by atoms with van der Waals surface area (Å²) in [6.07, 6.45) is 1.84. The third-order valence-corrected chi connectivity index (χ3v) is 5.56. The minimum absolute atomic E-state index is 0.0423. The zero-order valence-corrected chi connectivity index (χ0v) is 14.8. The molecule has 4 rings (SSSR count). The predicted molar refractivity (Wildman–Crippen MR) is 96.0 cm³/mol. The van der Waals surface area contributed by atoms with Crippen LogP contribution in [0.4, 0.5) is 0 Å². The van der Waals surface area contributed by atoms with E-state index in [1.54, 1.807) is 11.3 Å². The Balaban J connectivity index is 1.50. The van der Waals surface area contributed by atoms with Gasteiger partial charge in [0.05, 0.1) is 6.04 Å². The molecule has 6 nitrogen and oxygen atoms in total. The molecule has 0 spiro atoms. The summed E-state index contributed by atoms with van der Waals surface area (Å²) in [5, 5.41) is 14.6. The Morgan fingerprint density at radius 1 is 1.28 bits per heavy atom. The van der Waals surface area contributed by atoms with Crippen LogP contribution in [0.25, 0.3) is 11.4 Å². The molecule has 128 valence electrons. The molecule has 0 bridgehead atoms. The predicted octanol–water partition coefficient (Wildman–Crippen LogP) is 2.94. The quantitative estimate of drug-likeness (QED) is 0.723. The Kier molecular flexibility index (Phi) is 4.31. The Bertz CT molecular complexity index is 872. The van der Waals surface area contributed by atoms with Crippen LogP contribution in [0, 0.1) is 0 Å². The monoisotopic (exact) mass is 353 g/mol. The van der Waals surface area contributed by atoms with Crippen LogP contribution in [0.1, 0.15) is 29.8 Å². The van der Waals surface area contributed by atoms with Gasteiger partial charge in [-0.25, -0.2) is 0 Å². The maximum atomic E-state index is 12.8. The highest BCUT2D eigenvalue weighted by atomic mass is 32.1. The number of nitrogens with zero attached hydrogens (tertiary/aromatic N) is 5. The number of carbonyl (C=O) groups excluding carboxylic acids is 1. The molecule has 0 saturated heterocycles. The fourth-order valence-corrected chi connectivity index (χ4v) is 4.29.